The Labute approximate surface area is 123 Å². The van der Waals surface area contributed by atoms with Crippen molar-refractivity contribution in [3.05, 3.63) is 57.6 Å². The molecule has 1 atom stereocenters. The summed E-state index contributed by atoms with van der Waals surface area (Å²) in [5.41, 5.74) is 5.17. The van der Waals surface area contributed by atoms with E-state index in [2.05, 4.69) is 54.9 Å². The third kappa shape index (κ3) is 1.75. The van der Waals surface area contributed by atoms with Crippen molar-refractivity contribution < 1.29 is 0 Å². The summed E-state index contributed by atoms with van der Waals surface area (Å²) in [5, 5.41) is 17.0. The zero-order valence-electron chi connectivity index (χ0n) is 12.2. The molecule has 1 N–H and O–H groups in total. The lowest BCUT2D eigenvalue weighted by molar-refractivity contribution is 0.556. The molecule has 21 heavy (non-hydrogen) atoms. The second kappa shape index (κ2) is 4.20. The second-order valence-corrected chi connectivity index (χ2v) is 6.12. The molecule has 0 aromatic heterocycles. The molecule has 0 heterocycles. The first-order valence-corrected chi connectivity index (χ1v) is 7.22. The predicted molar refractivity (Wildman–Crippen MR) is 88.0 cm³/mol. The number of allylic oxidation sites excluding steroid dienone is 2. The third-order valence-electron chi connectivity index (χ3n) is 4.58. The van der Waals surface area contributed by atoms with E-state index in [0.29, 0.717) is 0 Å². The van der Waals surface area contributed by atoms with Gasteiger partial charge in [-0.25, -0.2) is 0 Å². The molecule has 2 aromatic rings. The molecule has 0 fully saturated rings. The van der Waals surface area contributed by atoms with Gasteiger partial charge in [-0.2, -0.15) is 0 Å². The average molecular weight is 277 g/mol. The third-order valence-corrected chi connectivity index (χ3v) is 4.58. The van der Waals surface area contributed by atoms with Gasteiger partial charge in [-0.15, -0.1) is 0 Å². The minimum Gasteiger partial charge on any atom is -0.768 e. The smallest absolute Gasteiger partial charge is 0.0558 e. The van der Waals surface area contributed by atoms with Crippen molar-refractivity contribution >= 4 is 28.6 Å². The number of anilines is 1. The molecular weight excluding hydrogens is 260 g/mol. The van der Waals surface area contributed by atoms with Gasteiger partial charge >= 0.3 is 0 Å². The van der Waals surface area contributed by atoms with Crippen LogP contribution in [0.25, 0.3) is 22.9 Å². The molecule has 4 rings (SSSR count). The van der Waals surface area contributed by atoms with Crippen molar-refractivity contribution in [1.82, 2.24) is 5.17 Å². The summed E-state index contributed by atoms with van der Waals surface area (Å²) in [4.78, 5) is 0. The van der Waals surface area contributed by atoms with Crippen molar-refractivity contribution in [2.75, 3.05) is 12.5 Å². The van der Waals surface area contributed by atoms with E-state index >= 15 is 0 Å². The standard InChI is InChI=1S/C18H17N2O/c1-18-10-3-4-13-5-7-14-15(19-20(2)21)8-6-12(9-11-18)16(14)17(13)18/h3-10,19H,11H2,1-2H3/q-1. The first-order chi connectivity index (χ1) is 10.1. The molecule has 0 saturated carbocycles. The fourth-order valence-corrected chi connectivity index (χ4v) is 3.62. The summed E-state index contributed by atoms with van der Waals surface area (Å²) in [7, 11) is 1.47. The van der Waals surface area contributed by atoms with Crippen LogP contribution in [-0.2, 0) is 5.41 Å². The van der Waals surface area contributed by atoms with Gasteiger partial charge in [0.15, 0.2) is 0 Å². The highest BCUT2D eigenvalue weighted by Crippen LogP contribution is 2.37. The minimum absolute atomic E-state index is 0.0541. The molecule has 1 unspecified atom stereocenters. The molecule has 2 aromatic carbocycles. The van der Waals surface area contributed by atoms with Crippen LogP contribution < -0.4 is 15.9 Å². The van der Waals surface area contributed by atoms with Gasteiger partial charge in [-0.3, -0.25) is 0 Å². The number of benzene rings is 2. The van der Waals surface area contributed by atoms with Crippen LogP contribution in [-0.4, -0.2) is 12.2 Å². The van der Waals surface area contributed by atoms with Crippen LogP contribution in [0.1, 0.15) is 18.9 Å². The first kappa shape index (κ1) is 12.6. The summed E-state index contributed by atoms with van der Waals surface area (Å²) in [6, 6.07) is 8.36. The number of hydrogen-bond donors (Lipinski definition) is 1. The zero-order valence-corrected chi connectivity index (χ0v) is 12.2. The molecule has 2 aliphatic rings. The summed E-state index contributed by atoms with van der Waals surface area (Å²) in [6.07, 6.45) is 9.93. The lowest BCUT2D eigenvalue weighted by atomic mass is 9.71. The molecule has 0 amide bonds. The Morgan fingerprint density at radius 3 is 2.81 bits per heavy atom. The largest absolute Gasteiger partial charge is 0.768 e. The molecule has 106 valence electrons. The fourth-order valence-electron chi connectivity index (χ4n) is 3.62. The normalized spacial score (nSPS) is 22.1. The number of hydroxylamine groups is 1. The van der Waals surface area contributed by atoms with Gasteiger partial charge in [-0.1, -0.05) is 49.4 Å². The van der Waals surface area contributed by atoms with Crippen LogP contribution in [0.2, 0.25) is 0 Å². The van der Waals surface area contributed by atoms with E-state index in [4.69, 9.17) is 0 Å². The van der Waals surface area contributed by atoms with Crippen LogP contribution in [0.3, 0.4) is 0 Å². The highest BCUT2D eigenvalue weighted by molar-refractivity contribution is 5.98. The van der Waals surface area contributed by atoms with Gasteiger partial charge in [-0.05, 0) is 40.9 Å². The summed E-state index contributed by atoms with van der Waals surface area (Å²) >= 11 is 0. The lowest BCUT2D eigenvalue weighted by Gasteiger charge is -2.33. The predicted octanol–water partition coefficient (Wildman–Crippen LogP) is 2.39. The number of nitrogens with zero attached hydrogens (tertiary/aromatic N) is 1. The van der Waals surface area contributed by atoms with Crippen molar-refractivity contribution in [2.45, 2.75) is 18.8 Å². The quantitative estimate of drug-likeness (QED) is 0.857. The highest BCUT2D eigenvalue weighted by atomic mass is 16.5. The number of hydrazine groups is 1. The maximum atomic E-state index is 11.4. The maximum absolute atomic E-state index is 11.4. The first-order valence-electron chi connectivity index (χ1n) is 7.22. The van der Waals surface area contributed by atoms with Crippen LogP contribution >= 0.6 is 0 Å². The monoisotopic (exact) mass is 277 g/mol. The Morgan fingerprint density at radius 2 is 2.00 bits per heavy atom. The number of rotatable bonds is 2. The molecule has 0 radical (unpaired) electrons. The molecule has 3 nitrogen and oxygen atoms in total. The van der Waals surface area contributed by atoms with Crippen molar-refractivity contribution in [3.8, 4) is 0 Å². The van der Waals surface area contributed by atoms with E-state index in [-0.39, 0.29) is 5.41 Å². The Bertz CT molecular complexity index is 896. The maximum Gasteiger partial charge on any atom is 0.0558 e. The minimum atomic E-state index is 0.0541. The Balaban J connectivity index is 2.15. The molecule has 0 aliphatic heterocycles. The summed E-state index contributed by atoms with van der Waals surface area (Å²) in [5.74, 6) is 0. The Hall–Kier alpha value is -2.10. The average Bonchev–Trinajstić information content (AvgIpc) is 2.45. The molecule has 0 saturated heterocycles. The van der Waals surface area contributed by atoms with Gasteiger partial charge in [0.1, 0.15) is 0 Å². The van der Waals surface area contributed by atoms with Gasteiger partial charge in [0.25, 0.3) is 0 Å². The van der Waals surface area contributed by atoms with Gasteiger partial charge in [0.2, 0.25) is 0 Å². The Morgan fingerprint density at radius 1 is 1.19 bits per heavy atom. The molecule has 2 aliphatic carbocycles. The van der Waals surface area contributed by atoms with Crippen LogP contribution in [0, 0.1) is 5.21 Å². The van der Waals surface area contributed by atoms with Crippen molar-refractivity contribution in [1.29, 1.82) is 0 Å². The summed E-state index contributed by atoms with van der Waals surface area (Å²) in [6.45, 7) is 2.29. The highest BCUT2D eigenvalue weighted by Gasteiger charge is 2.30. The molecule has 0 bridgehead atoms. The van der Waals surface area contributed by atoms with Crippen LogP contribution in [0.4, 0.5) is 5.69 Å². The molecule has 0 spiro atoms. The molecular formula is C18H17N2O-. The van der Waals surface area contributed by atoms with Gasteiger partial charge < -0.3 is 15.8 Å². The number of nitrogens with one attached hydrogen (secondary N) is 1. The van der Waals surface area contributed by atoms with Crippen molar-refractivity contribution in [3.63, 3.8) is 0 Å². The van der Waals surface area contributed by atoms with E-state index in [1.807, 2.05) is 6.07 Å². The van der Waals surface area contributed by atoms with Crippen LogP contribution in [0.15, 0.2) is 36.4 Å². The van der Waals surface area contributed by atoms with Crippen LogP contribution in [0.5, 0.6) is 0 Å². The topological polar surface area (TPSA) is 38.3 Å². The Kier molecular flexibility index (Phi) is 2.52. The second-order valence-electron chi connectivity index (χ2n) is 6.12. The zero-order chi connectivity index (χ0) is 14.6. The molecule has 3 heteroatoms. The van der Waals surface area contributed by atoms with Gasteiger partial charge in [0, 0.05) is 10.8 Å². The summed E-state index contributed by atoms with van der Waals surface area (Å²) < 4.78 is 0. The SMILES string of the molecule is CN([O-])Nc1ccc2c3c4c(ccc13)=CC=CC4(C)CC=2. The van der Waals surface area contributed by atoms with E-state index in [1.54, 1.807) is 0 Å². The van der Waals surface area contributed by atoms with E-state index in [0.717, 1.165) is 22.7 Å². The van der Waals surface area contributed by atoms with E-state index in [9.17, 15) is 5.21 Å². The van der Waals surface area contributed by atoms with E-state index in [1.165, 1.54) is 28.4 Å². The van der Waals surface area contributed by atoms with Gasteiger partial charge in [0.05, 0.1) is 5.69 Å². The fraction of sp³-hybridized carbons (Fsp3) is 0.222. The lowest BCUT2D eigenvalue weighted by Crippen LogP contribution is -2.34. The van der Waals surface area contributed by atoms with E-state index < -0.39 is 0 Å². The van der Waals surface area contributed by atoms with Crippen molar-refractivity contribution in [2.24, 2.45) is 0 Å². The number of hydrogen-bond acceptors (Lipinski definition) is 3.